The summed E-state index contributed by atoms with van der Waals surface area (Å²) in [6, 6.07) is 0. The Morgan fingerprint density at radius 2 is 1.96 bits per heavy atom. The zero-order chi connectivity index (χ0) is 20.0. The van der Waals surface area contributed by atoms with Crippen LogP contribution in [-0.2, 0) is 42.6 Å². The van der Waals surface area contributed by atoms with E-state index < -0.39 is 30.3 Å². The number of imidazole rings is 2. The number of hydrogen-bond donors (Lipinski definition) is 0. The van der Waals surface area contributed by atoms with Crippen molar-refractivity contribution in [3.63, 3.8) is 0 Å². The second-order valence-electron chi connectivity index (χ2n) is 5.15. The first-order valence-corrected chi connectivity index (χ1v) is 7.32. The van der Waals surface area contributed by atoms with Gasteiger partial charge >= 0.3 is 30.2 Å². The highest BCUT2D eigenvalue weighted by atomic mass is 16.8. The lowest BCUT2D eigenvalue weighted by atomic mass is 10.3. The number of nitrogens with zero attached hydrogens (tertiary/aromatic N) is 4. The SMILES string of the molecule is COC(=O)C(COC(=O)c1cncn1C)(O[C]=O)OC(=O)c1nccn1C. The van der Waals surface area contributed by atoms with Crippen molar-refractivity contribution >= 4 is 24.4 Å². The van der Waals surface area contributed by atoms with Crippen LogP contribution in [0.15, 0.2) is 24.9 Å². The predicted molar refractivity (Wildman–Crippen MR) is 83.6 cm³/mol. The van der Waals surface area contributed by atoms with Crippen LogP contribution >= 0.6 is 0 Å². The lowest BCUT2D eigenvalue weighted by Gasteiger charge is -2.27. The van der Waals surface area contributed by atoms with E-state index in [9.17, 15) is 19.2 Å². The molecule has 0 saturated carbocycles. The van der Waals surface area contributed by atoms with E-state index in [1.54, 1.807) is 0 Å². The van der Waals surface area contributed by atoms with Gasteiger partial charge in [-0.05, 0) is 0 Å². The summed E-state index contributed by atoms with van der Waals surface area (Å²) in [5, 5.41) is 0. The minimum absolute atomic E-state index is 0.0410. The zero-order valence-electron chi connectivity index (χ0n) is 14.6. The Morgan fingerprint density at radius 3 is 2.48 bits per heavy atom. The maximum Gasteiger partial charge on any atom is 0.421 e. The van der Waals surface area contributed by atoms with Gasteiger partial charge in [0.25, 0.3) is 0 Å². The van der Waals surface area contributed by atoms with Gasteiger partial charge in [-0.3, -0.25) is 0 Å². The summed E-state index contributed by atoms with van der Waals surface area (Å²) in [5.41, 5.74) is 0.0410. The largest absolute Gasteiger partial charge is 0.463 e. The molecule has 1 unspecified atom stereocenters. The number of rotatable bonds is 8. The summed E-state index contributed by atoms with van der Waals surface area (Å²) >= 11 is 0. The van der Waals surface area contributed by atoms with Crippen LogP contribution in [0.3, 0.4) is 0 Å². The Labute approximate surface area is 152 Å². The maximum absolute atomic E-state index is 12.3. The van der Waals surface area contributed by atoms with Gasteiger partial charge in [0.05, 0.1) is 19.6 Å². The fraction of sp³-hybridized carbons (Fsp3) is 0.333. The third-order valence-corrected chi connectivity index (χ3v) is 3.38. The van der Waals surface area contributed by atoms with E-state index in [0.717, 1.165) is 13.6 Å². The standard InChI is InChI=1S/C15H15N4O8/c1-18-5-4-17-11(18)13(22)27-15(26-9-20,14(23)24-3)7-25-12(21)10-6-16-8-19(10)2/h4-6,8H,7H2,1-3H3. The Hall–Kier alpha value is -3.70. The van der Waals surface area contributed by atoms with Gasteiger partial charge in [0.1, 0.15) is 5.69 Å². The first kappa shape index (κ1) is 19.6. The van der Waals surface area contributed by atoms with Crippen molar-refractivity contribution < 1.29 is 38.1 Å². The van der Waals surface area contributed by atoms with Crippen LogP contribution < -0.4 is 0 Å². The molecule has 12 heteroatoms. The summed E-state index contributed by atoms with van der Waals surface area (Å²) in [7, 11) is 4.00. The topological polar surface area (TPSA) is 141 Å². The molecule has 143 valence electrons. The molecule has 2 aromatic rings. The lowest BCUT2D eigenvalue weighted by Crippen LogP contribution is -2.51. The van der Waals surface area contributed by atoms with E-state index in [0.29, 0.717) is 0 Å². The van der Waals surface area contributed by atoms with Crippen molar-refractivity contribution in [2.75, 3.05) is 13.7 Å². The van der Waals surface area contributed by atoms with Gasteiger partial charge in [-0.1, -0.05) is 0 Å². The van der Waals surface area contributed by atoms with Crippen LogP contribution in [0.2, 0.25) is 0 Å². The van der Waals surface area contributed by atoms with Crippen LogP contribution in [0, 0.1) is 0 Å². The molecule has 1 radical (unpaired) electrons. The summed E-state index contributed by atoms with van der Waals surface area (Å²) < 4.78 is 21.6. The third-order valence-electron chi connectivity index (χ3n) is 3.38. The number of aryl methyl sites for hydroxylation is 2. The van der Waals surface area contributed by atoms with Gasteiger partial charge in [-0.2, -0.15) is 0 Å². The van der Waals surface area contributed by atoms with Crippen molar-refractivity contribution in [1.82, 2.24) is 19.1 Å². The van der Waals surface area contributed by atoms with Crippen LogP contribution in [0.5, 0.6) is 0 Å². The molecule has 1 atom stereocenters. The van der Waals surface area contributed by atoms with Crippen LogP contribution in [0.25, 0.3) is 0 Å². The van der Waals surface area contributed by atoms with Crippen LogP contribution in [-0.4, -0.2) is 63.0 Å². The second-order valence-corrected chi connectivity index (χ2v) is 5.15. The minimum atomic E-state index is -2.70. The van der Waals surface area contributed by atoms with Crippen molar-refractivity contribution in [1.29, 1.82) is 0 Å². The highest BCUT2D eigenvalue weighted by Crippen LogP contribution is 2.19. The number of carbonyl (C=O) groups is 3. The lowest BCUT2D eigenvalue weighted by molar-refractivity contribution is -0.212. The smallest absolute Gasteiger partial charge is 0.421 e. The van der Waals surface area contributed by atoms with Crippen molar-refractivity contribution in [3.8, 4) is 0 Å². The van der Waals surface area contributed by atoms with E-state index in [-0.39, 0.29) is 11.5 Å². The molecular weight excluding hydrogens is 364 g/mol. The maximum atomic E-state index is 12.3. The first-order chi connectivity index (χ1) is 12.8. The highest BCUT2D eigenvalue weighted by Gasteiger charge is 2.50. The second kappa shape index (κ2) is 8.12. The van der Waals surface area contributed by atoms with Gasteiger partial charge in [0.15, 0.2) is 6.61 Å². The molecule has 0 saturated heterocycles. The number of methoxy groups -OCH3 is 1. The molecule has 27 heavy (non-hydrogen) atoms. The van der Waals surface area contributed by atoms with E-state index in [4.69, 9.17) is 9.47 Å². The zero-order valence-corrected chi connectivity index (χ0v) is 14.6. The molecule has 2 heterocycles. The quantitative estimate of drug-likeness (QED) is 0.322. The van der Waals surface area contributed by atoms with E-state index >= 15 is 0 Å². The Bertz CT molecular complexity index is 858. The normalized spacial score (nSPS) is 12.6. The fourth-order valence-corrected chi connectivity index (χ4v) is 1.99. The molecular formula is C15H15N4O8. The minimum Gasteiger partial charge on any atom is -0.463 e. The van der Waals surface area contributed by atoms with Crippen LogP contribution in [0.4, 0.5) is 0 Å². The molecule has 0 aliphatic carbocycles. The van der Waals surface area contributed by atoms with E-state index in [1.807, 2.05) is 0 Å². The van der Waals surface area contributed by atoms with Crippen molar-refractivity contribution in [2.45, 2.75) is 5.79 Å². The van der Waals surface area contributed by atoms with Gasteiger partial charge < -0.3 is 28.1 Å². The van der Waals surface area contributed by atoms with Gasteiger partial charge in [0, 0.05) is 26.5 Å². The number of aromatic nitrogens is 4. The van der Waals surface area contributed by atoms with Gasteiger partial charge in [-0.15, -0.1) is 0 Å². The number of hydrogen-bond acceptors (Lipinski definition) is 10. The summed E-state index contributed by atoms with van der Waals surface area (Å²) in [6.07, 6.45) is 5.33. The van der Waals surface area contributed by atoms with E-state index in [2.05, 4.69) is 19.4 Å². The first-order valence-electron chi connectivity index (χ1n) is 7.32. The molecule has 0 spiro atoms. The predicted octanol–water partition coefficient (Wildman–Crippen LogP) is -0.879. The summed E-state index contributed by atoms with van der Waals surface area (Å²) in [6.45, 7) is 0.0178. The molecule has 2 rings (SSSR count). The van der Waals surface area contributed by atoms with Gasteiger partial charge in [0.2, 0.25) is 5.82 Å². The molecule has 12 nitrogen and oxygen atoms in total. The Kier molecular flexibility index (Phi) is 5.90. The van der Waals surface area contributed by atoms with Gasteiger partial charge in [-0.25, -0.2) is 29.1 Å². The molecule has 0 bridgehead atoms. The van der Waals surface area contributed by atoms with Crippen LogP contribution in [0.1, 0.15) is 21.1 Å². The number of ether oxygens (including phenoxy) is 4. The third kappa shape index (κ3) is 4.11. The average molecular weight is 379 g/mol. The average Bonchev–Trinajstić information content (AvgIpc) is 3.26. The van der Waals surface area contributed by atoms with E-state index in [1.165, 1.54) is 48.1 Å². The Morgan fingerprint density at radius 1 is 1.22 bits per heavy atom. The molecule has 0 N–H and O–H groups in total. The number of esters is 3. The molecule has 0 aliphatic rings. The summed E-state index contributed by atoms with van der Waals surface area (Å²) in [4.78, 5) is 54.8. The molecule has 0 amide bonds. The number of carbonyl (C=O) groups excluding carboxylic acids is 4. The van der Waals surface area contributed by atoms with Crippen molar-refractivity contribution in [2.24, 2.45) is 14.1 Å². The fourth-order valence-electron chi connectivity index (χ4n) is 1.99. The molecule has 2 aromatic heterocycles. The highest BCUT2D eigenvalue weighted by molar-refractivity contribution is 5.91. The molecule has 0 aliphatic heterocycles. The summed E-state index contributed by atoms with van der Waals surface area (Å²) in [5.74, 6) is -6.24. The Balaban J connectivity index is 2.26. The molecule has 0 aromatic carbocycles. The molecule has 0 fully saturated rings. The van der Waals surface area contributed by atoms with Crippen molar-refractivity contribution in [3.05, 3.63) is 36.4 Å². The monoisotopic (exact) mass is 379 g/mol.